The monoisotopic (exact) mass is 373 g/mol. The molecule has 8 nitrogen and oxygen atoms in total. The number of benzene rings is 2. The summed E-state index contributed by atoms with van der Waals surface area (Å²) in [6.07, 6.45) is 0. The molecule has 0 saturated heterocycles. The number of nitrogens with one attached hydrogen (secondary N) is 1. The molecule has 0 fully saturated rings. The fourth-order valence-corrected chi connectivity index (χ4v) is 3.16. The van der Waals surface area contributed by atoms with E-state index in [0.717, 1.165) is 0 Å². The first-order valence-electron chi connectivity index (χ1n) is 7.54. The van der Waals surface area contributed by atoms with E-state index in [9.17, 15) is 14.9 Å². The van der Waals surface area contributed by atoms with Crippen LogP contribution in [0.3, 0.4) is 0 Å². The number of H-pyrrole nitrogens is 1. The third-order valence-electron chi connectivity index (χ3n) is 3.70. The highest BCUT2D eigenvalue weighted by molar-refractivity contribution is 7.99. The van der Waals surface area contributed by atoms with Gasteiger partial charge in [0.1, 0.15) is 0 Å². The van der Waals surface area contributed by atoms with Gasteiger partial charge in [-0.05, 0) is 24.3 Å². The maximum absolute atomic E-state index is 12.4. The van der Waals surface area contributed by atoms with E-state index < -0.39 is 4.92 Å². The minimum absolute atomic E-state index is 0.0147. The maximum atomic E-state index is 12.4. The smallest absolute Gasteiger partial charge is 0.271 e. The largest absolute Gasteiger partial charge is 0.493 e. The molecule has 26 heavy (non-hydrogen) atoms. The number of Topliss-reactive ketones (excluding diaryl/α,β-unsaturated/α-hetero) is 1. The average molecular weight is 373 g/mol. The van der Waals surface area contributed by atoms with Crippen LogP contribution in [0.5, 0.6) is 11.5 Å². The predicted molar refractivity (Wildman–Crippen MR) is 97.3 cm³/mol. The number of non-ortho nitro benzene ring substituents is 1. The van der Waals surface area contributed by atoms with Crippen molar-refractivity contribution in [3.8, 4) is 11.5 Å². The third-order valence-corrected chi connectivity index (χ3v) is 4.57. The van der Waals surface area contributed by atoms with Crippen molar-refractivity contribution in [1.82, 2.24) is 9.97 Å². The molecule has 2 aromatic carbocycles. The highest BCUT2D eigenvalue weighted by atomic mass is 32.2. The fourth-order valence-electron chi connectivity index (χ4n) is 2.38. The Morgan fingerprint density at radius 1 is 1.19 bits per heavy atom. The Hall–Kier alpha value is -3.07. The summed E-state index contributed by atoms with van der Waals surface area (Å²) in [6, 6.07) is 9.37. The fraction of sp³-hybridized carbons (Fsp3) is 0.176. The minimum atomic E-state index is -0.465. The number of carbonyl (C=O) groups is 1. The van der Waals surface area contributed by atoms with Crippen molar-refractivity contribution in [3.05, 3.63) is 52.1 Å². The van der Waals surface area contributed by atoms with Crippen molar-refractivity contribution in [2.24, 2.45) is 0 Å². The number of imidazole rings is 1. The molecular weight excluding hydrogens is 358 g/mol. The number of hydrogen-bond acceptors (Lipinski definition) is 7. The third kappa shape index (κ3) is 3.62. The van der Waals surface area contributed by atoms with E-state index >= 15 is 0 Å². The van der Waals surface area contributed by atoms with Crippen molar-refractivity contribution in [2.75, 3.05) is 20.0 Å². The number of thioether (sulfide) groups is 1. The second-order valence-corrected chi connectivity index (χ2v) is 6.25. The first-order valence-corrected chi connectivity index (χ1v) is 8.52. The molecule has 134 valence electrons. The van der Waals surface area contributed by atoms with Gasteiger partial charge in [-0.25, -0.2) is 4.98 Å². The molecule has 0 bridgehead atoms. The summed E-state index contributed by atoms with van der Waals surface area (Å²) >= 11 is 1.23. The van der Waals surface area contributed by atoms with E-state index in [4.69, 9.17) is 9.47 Å². The van der Waals surface area contributed by atoms with Crippen LogP contribution in [0.1, 0.15) is 10.4 Å². The number of rotatable bonds is 7. The van der Waals surface area contributed by atoms with Crippen molar-refractivity contribution >= 4 is 34.3 Å². The van der Waals surface area contributed by atoms with Crippen LogP contribution in [0.2, 0.25) is 0 Å². The van der Waals surface area contributed by atoms with E-state index in [-0.39, 0.29) is 17.2 Å². The van der Waals surface area contributed by atoms with Crippen LogP contribution in [-0.4, -0.2) is 40.6 Å². The Balaban J connectivity index is 1.73. The molecule has 1 aromatic heterocycles. The highest BCUT2D eigenvalue weighted by Gasteiger charge is 2.14. The quantitative estimate of drug-likeness (QED) is 0.292. The summed E-state index contributed by atoms with van der Waals surface area (Å²) in [4.78, 5) is 30.1. The van der Waals surface area contributed by atoms with Gasteiger partial charge in [0.15, 0.2) is 22.4 Å². The number of ketones is 1. The summed E-state index contributed by atoms with van der Waals surface area (Å²) in [5, 5.41) is 11.3. The van der Waals surface area contributed by atoms with Crippen LogP contribution >= 0.6 is 11.8 Å². The number of methoxy groups -OCH3 is 2. The second kappa shape index (κ2) is 7.44. The van der Waals surface area contributed by atoms with Gasteiger partial charge in [-0.15, -0.1) is 0 Å². The average Bonchev–Trinajstić information content (AvgIpc) is 3.07. The lowest BCUT2D eigenvalue weighted by atomic mass is 10.1. The zero-order valence-electron chi connectivity index (χ0n) is 14.0. The van der Waals surface area contributed by atoms with Crippen LogP contribution in [0.15, 0.2) is 41.6 Å². The number of aromatic nitrogens is 2. The van der Waals surface area contributed by atoms with Gasteiger partial charge in [-0.3, -0.25) is 14.9 Å². The molecule has 0 spiro atoms. The normalized spacial score (nSPS) is 10.7. The molecule has 0 amide bonds. The summed E-state index contributed by atoms with van der Waals surface area (Å²) in [7, 11) is 3.04. The van der Waals surface area contributed by atoms with Gasteiger partial charge >= 0.3 is 0 Å². The van der Waals surface area contributed by atoms with Crippen molar-refractivity contribution in [1.29, 1.82) is 0 Å². The zero-order chi connectivity index (χ0) is 18.7. The number of carbonyl (C=O) groups excluding carboxylic acids is 1. The number of aromatic amines is 1. The Bertz CT molecular complexity index is 986. The Morgan fingerprint density at radius 2 is 1.96 bits per heavy atom. The molecule has 3 rings (SSSR count). The van der Waals surface area contributed by atoms with Crippen molar-refractivity contribution in [3.63, 3.8) is 0 Å². The lowest BCUT2D eigenvalue weighted by Crippen LogP contribution is -2.03. The van der Waals surface area contributed by atoms with Gasteiger partial charge in [-0.2, -0.15) is 0 Å². The van der Waals surface area contributed by atoms with Gasteiger partial charge in [-0.1, -0.05) is 11.8 Å². The lowest BCUT2D eigenvalue weighted by molar-refractivity contribution is -0.384. The zero-order valence-corrected chi connectivity index (χ0v) is 14.8. The lowest BCUT2D eigenvalue weighted by Gasteiger charge is -2.08. The number of nitro groups is 1. The topological polar surface area (TPSA) is 107 Å². The summed E-state index contributed by atoms with van der Waals surface area (Å²) in [5.74, 6) is 1.11. The molecule has 9 heteroatoms. The number of nitro benzene ring substituents is 1. The summed E-state index contributed by atoms with van der Waals surface area (Å²) in [6.45, 7) is 0. The van der Waals surface area contributed by atoms with E-state index in [2.05, 4.69) is 9.97 Å². The van der Waals surface area contributed by atoms with E-state index in [1.165, 1.54) is 38.1 Å². The molecule has 0 atom stereocenters. The molecule has 0 aliphatic rings. The van der Waals surface area contributed by atoms with Crippen LogP contribution in [-0.2, 0) is 0 Å². The van der Waals surface area contributed by atoms with Crippen LogP contribution in [0.25, 0.3) is 11.0 Å². The number of fused-ring (bicyclic) bond motifs is 1. The highest BCUT2D eigenvalue weighted by Crippen LogP contribution is 2.29. The van der Waals surface area contributed by atoms with Gasteiger partial charge < -0.3 is 14.5 Å². The predicted octanol–water partition coefficient (Wildman–Crippen LogP) is 3.46. The first-order chi connectivity index (χ1) is 12.5. The second-order valence-electron chi connectivity index (χ2n) is 5.28. The van der Waals surface area contributed by atoms with E-state index in [1.807, 2.05) is 0 Å². The van der Waals surface area contributed by atoms with Crippen LogP contribution < -0.4 is 9.47 Å². The molecule has 0 unspecified atom stereocenters. The van der Waals surface area contributed by atoms with Crippen molar-refractivity contribution in [2.45, 2.75) is 5.16 Å². The van der Waals surface area contributed by atoms with Gasteiger partial charge in [0.05, 0.1) is 35.9 Å². The standard InChI is InChI=1S/C17H15N3O5S/c1-24-15-6-3-10(7-16(15)25-2)14(21)9-26-17-18-12-5-4-11(20(22)23)8-13(12)19-17/h3-8H,9H2,1-2H3,(H,18,19). The minimum Gasteiger partial charge on any atom is -0.493 e. The molecule has 0 aliphatic carbocycles. The van der Waals surface area contributed by atoms with Crippen molar-refractivity contribution < 1.29 is 19.2 Å². The SMILES string of the molecule is COc1ccc(C(=O)CSc2nc3ccc([N+](=O)[O-])cc3[nH]2)cc1OC. The van der Waals surface area contributed by atoms with E-state index in [1.54, 1.807) is 24.3 Å². The molecule has 0 saturated carbocycles. The molecule has 3 aromatic rings. The Kier molecular flexibility index (Phi) is 5.08. The summed E-state index contributed by atoms with van der Waals surface area (Å²) in [5.41, 5.74) is 1.65. The summed E-state index contributed by atoms with van der Waals surface area (Å²) < 4.78 is 10.4. The molecule has 1 N–H and O–H groups in total. The molecule has 0 aliphatic heterocycles. The van der Waals surface area contributed by atoms with E-state index in [0.29, 0.717) is 33.3 Å². The molecule has 0 radical (unpaired) electrons. The first kappa shape index (κ1) is 17.7. The Morgan fingerprint density at radius 3 is 2.65 bits per heavy atom. The van der Waals surface area contributed by atoms with Gasteiger partial charge in [0.2, 0.25) is 0 Å². The van der Waals surface area contributed by atoms with Crippen LogP contribution in [0.4, 0.5) is 5.69 Å². The number of nitrogens with zero attached hydrogens (tertiary/aromatic N) is 2. The molecular formula is C17H15N3O5S. The Labute approximate surface area is 152 Å². The van der Waals surface area contributed by atoms with Gasteiger partial charge in [0, 0.05) is 17.7 Å². The molecule has 1 heterocycles. The van der Waals surface area contributed by atoms with Crippen LogP contribution in [0, 0.1) is 10.1 Å². The number of ether oxygens (including phenoxy) is 2. The number of hydrogen-bond donors (Lipinski definition) is 1. The van der Waals surface area contributed by atoms with Gasteiger partial charge in [0.25, 0.3) is 5.69 Å². The maximum Gasteiger partial charge on any atom is 0.271 e.